The summed E-state index contributed by atoms with van der Waals surface area (Å²) in [4.78, 5) is 11.8. The average molecular weight is 251 g/mol. The summed E-state index contributed by atoms with van der Waals surface area (Å²) in [5.74, 6) is 0.625. The first-order valence-corrected chi connectivity index (χ1v) is 6.19. The Bertz CT molecular complexity index is 404. The van der Waals surface area contributed by atoms with Gasteiger partial charge in [0.2, 0.25) is 0 Å². The van der Waals surface area contributed by atoms with Gasteiger partial charge in [0, 0.05) is 11.8 Å². The van der Waals surface area contributed by atoms with Crippen LogP contribution in [0.5, 0.6) is 5.75 Å². The second-order valence-electron chi connectivity index (χ2n) is 4.45. The zero-order valence-electron chi connectivity index (χ0n) is 11.2. The molecule has 18 heavy (non-hydrogen) atoms. The number of methoxy groups -OCH3 is 1. The SMILES string of the molecule is CCCC(C)COC(=O)c1ccc(OC)cc1N. The first kappa shape index (κ1) is 14.4. The van der Waals surface area contributed by atoms with E-state index in [2.05, 4.69) is 13.8 Å². The predicted octanol–water partition coefficient (Wildman–Crippen LogP) is 2.87. The number of nitrogens with two attached hydrogens (primary N) is 1. The van der Waals surface area contributed by atoms with E-state index in [-0.39, 0.29) is 5.97 Å². The molecule has 1 rings (SSSR count). The number of rotatable bonds is 6. The van der Waals surface area contributed by atoms with Gasteiger partial charge in [0.1, 0.15) is 5.75 Å². The van der Waals surface area contributed by atoms with Gasteiger partial charge in [0.25, 0.3) is 0 Å². The molecule has 0 heterocycles. The Morgan fingerprint density at radius 1 is 1.44 bits per heavy atom. The van der Waals surface area contributed by atoms with E-state index in [1.807, 2.05) is 0 Å². The van der Waals surface area contributed by atoms with Crippen molar-refractivity contribution in [2.45, 2.75) is 26.7 Å². The van der Waals surface area contributed by atoms with E-state index in [4.69, 9.17) is 15.2 Å². The summed E-state index contributed by atoms with van der Waals surface area (Å²) in [5, 5.41) is 0. The van der Waals surface area contributed by atoms with Crippen molar-refractivity contribution in [1.29, 1.82) is 0 Å². The van der Waals surface area contributed by atoms with Crippen LogP contribution in [0.2, 0.25) is 0 Å². The Morgan fingerprint density at radius 2 is 2.17 bits per heavy atom. The third-order valence-corrected chi connectivity index (χ3v) is 2.76. The highest BCUT2D eigenvalue weighted by molar-refractivity contribution is 5.95. The van der Waals surface area contributed by atoms with Crippen molar-refractivity contribution in [2.24, 2.45) is 5.92 Å². The van der Waals surface area contributed by atoms with E-state index in [9.17, 15) is 4.79 Å². The van der Waals surface area contributed by atoms with Gasteiger partial charge in [-0.2, -0.15) is 0 Å². The molecule has 1 atom stereocenters. The maximum absolute atomic E-state index is 11.8. The van der Waals surface area contributed by atoms with Gasteiger partial charge in [-0.25, -0.2) is 4.79 Å². The fourth-order valence-corrected chi connectivity index (χ4v) is 1.73. The molecule has 0 aliphatic rings. The molecule has 2 N–H and O–H groups in total. The van der Waals surface area contributed by atoms with Gasteiger partial charge in [-0.15, -0.1) is 0 Å². The van der Waals surface area contributed by atoms with E-state index in [0.717, 1.165) is 12.8 Å². The molecule has 0 spiro atoms. The van der Waals surface area contributed by atoms with Crippen LogP contribution in [-0.2, 0) is 4.74 Å². The summed E-state index contributed by atoms with van der Waals surface area (Å²) in [5.41, 5.74) is 6.55. The van der Waals surface area contributed by atoms with E-state index in [1.54, 1.807) is 25.3 Å². The van der Waals surface area contributed by atoms with Crippen LogP contribution in [-0.4, -0.2) is 19.7 Å². The maximum Gasteiger partial charge on any atom is 0.340 e. The standard InChI is InChI=1S/C14H21NO3/c1-4-5-10(2)9-18-14(16)12-7-6-11(17-3)8-13(12)15/h6-8,10H,4-5,9,15H2,1-3H3. The number of ether oxygens (including phenoxy) is 2. The monoisotopic (exact) mass is 251 g/mol. The molecule has 4 nitrogen and oxygen atoms in total. The van der Waals surface area contributed by atoms with E-state index in [1.165, 1.54) is 0 Å². The van der Waals surface area contributed by atoms with Crippen molar-refractivity contribution in [3.63, 3.8) is 0 Å². The highest BCUT2D eigenvalue weighted by atomic mass is 16.5. The van der Waals surface area contributed by atoms with Crippen LogP contribution in [0.3, 0.4) is 0 Å². The van der Waals surface area contributed by atoms with Crippen molar-refractivity contribution in [2.75, 3.05) is 19.5 Å². The smallest absolute Gasteiger partial charge is 0.340 e. The second-order valence-corrected chi connectivity index (χ2v) is 4.45. The number of carbonyl (C=O) groups is 1. The van der Waals surface area contributed by atoms with E-state index >= 15 is 0 Å². The van der Waals surface area contributed by atoms with Crippen LogP contribution in [0, 0.1) is 5.92 Å². The van der Waals surface area contributed by atoms with Crippen LogP contribution < -0.4 is 10.5 Å². The highest BCUT2D eigenvalue weighted by Gasteiger charge is 2.13. The summed E-state index contributed by atoms with van der Waals surface area (Å²) >= 11 is 0. The highest BCUT2D eigenvalue weighted by Crippen LogP contribution is 2.20. The minimum atomic E-state index is -0.377. The Hall–Kier alpha value is -1.71. The van der Waals surface area contributed by atoms with Gasteiger partial charge < -0.3 is 15.2 Å². The van der Waals surface area contributed by atoms with Crippen LogP contribution in [0.15, 0.2) is 18.2 Å². The molecule has 1 aromatic carbocycles. The summed E-state index contributed by atoms with van der Waals surface area (Å²) in [7, 11) is 1.55. The zero-order chi connectivity index (χ0) is 13.5. The van der Waals surface area contributed by atoms with Crippen LogP contribution in [0.1, 0.15) is 37.0 Å². The topological polar surface area (TPSA) is 61.5 Å². The summed E-state index contributed by atoms with van der Waals surface area (Å²) in [6.07, 6.45) is 2.13. The number of benzene rings is 1. The molecular formula is C14H21NO3. The number of hydrogen-bond donors (Lipinski definition) is 1. The molecule has 0 fully saturated rings. The van der Waals surface area contributed by atoms with Crippen molar-refractivity contribution in [3.05, 3.63) is 23.8 Å². The normalized spacial score (nSPS) is 11.9. The molecule has 0 saturated carbocycles. The number of anilines is 1. The fourth-order valence-electron chi connectivity index (χ4n) is 1.73. The molecule has 0 saturated heterocycles. The number of nitrogen functional groups attached to an aromatic ring is 1. The molecule has 1 aromatic rings. The largest absolute Gasteiger partial charge is 0.497 e. The van der Waals surface area contributed by atoms with E-state index < -0.39 is 0 Å². The lowest BCUT2D eigenvalue weighted by atomic mass is 10.1. The van der Waals surface area contributed by atoms with Gasteiger partial charge in [-0.1, -0.05) is 20.3 Å². The second kappa shape index (κ2) is 6.89. The van der Waals surface area contributed by atoms with Crippen LogP contribution in [0.25, 0.3) is 0 Å². The molecule has 100 valence electrons. The maximum atomic E-state index is 11.8. The van der Waals surface area contributed by atoms with Crippen LogP contribution >= 0.6 is 0 Å². The summed E-state index contributed by atoms with van der Waals surface area (Å²) < 4.78 is 10.3. The van der Waals surface area contributed by atoms with Crippen molar-refractivity contribution >= 4 is 11.7 Å². The zero-order valence-corrected chi connectivity index (χ0v) is 11.2. The molecule has 0 radical (unpaired) electrons. The van der Waals surface area contributed by atoms with Gasteiger partial charge in [-0.3, -0.25) is 0 Å². The fraction of sp³-hybridized carbons (Fsp3) is 0.500. The van der Waals surface area contributed by atoms with E-state index in [0.29, 0.717) is 29.5 Å². The number of carbonyl (C=O) groups excluding carboxylic acids is 1. The third kappa shape index (κ3) is 3.95. The lowest BCUT2D eigenvalue weighted by molar-refractivity contribution is 0.0445. The van der Waals surface area contributed by atoms with Crippen molar-refractivity contribution < 1.29 is 14.3 Å². The first-order valence-electron chi connectivity index (χ1n) is 6.19. The summed E-state index contributed by atoms with van der Waals surface area (Å²) in [6.45, 7) is 4.60. The Balaban J connectivity index is 2.61. The molecule has 0 aromatic heterocycles. The Kier molecular flexibility index (Phi) is 5.49. The van der Waals surface area contributed by atoms with Gasteiger partial charge in [-0.05, 0) is 24.5 Å². The Morgan fingerprint density at radius 3 is 2.72 bits per heavy atom. The van der Waals surface area contributed by atoms with Gasteiger partial charge in [0.15, 0.2) is 0 Å². The molecule has 0 aliphatic heterocycles. The van der Waals surface area contributed by atoms with Gasteiger partial charge in [0.05, 0.1) is 19.3 Å². The van der Waals surface area contributed by atoms with Gasteiger partial charge >= 0.3 is 5.97 Å². The van der Waals surface area contributed by atoms with Crippen LogP contribution in [0.4, 0.5) is 5.69 Å². The lowest BCUT2D eigenvalue weighted by Crippen LogP contribution is -2.13. The average Bonchev–Trinajstić information content (AvgIpc) is 2.36. The lowest BCUT2D eigenvalue weighted by Gasteiger charge is -2.12. The molecule has 0 bridgehead atoms. The summed E-state index contributed by atoms with van der Waals surface area (Å²) in [6, 6.07) is 4.94. The molecular weight excluding hydrogens is 230 g/mol. The van der Waals surface area contributed by atoms with Crippen molar-refractivity contribution in [1.82, 2.24) is 0 Å². The minimum Gasteiger partial charge on any atom is -0.497 e. The molecule has 0 aliphatic carbocycles. The quantitative estimate of drug-likeness (QED) is 0.623. The predicted molar refractivity (Wildman–Crippen MR) is 71.8 cm³/mol. The number of esters is 1. The third-order valence-electron chi connectivity index (χ3n) is 2.76. The molecule has 4 heteroatoms. The molecule has 0 amide bonds. The first-order chi connectivity index (χ1) is 8.58. The minimum absolute atomic E-state index is 0.374. The van der Waals surface area contributed by atoms with Crippen molar-refractivity contribution in [3.8, 4) is 5.75 Å². The number of hydrogen-bond acceptors (Lipinski definition) is 4. The Labute approximate surface area is 108 Å². The molecule has 1 unspecified atom stereocenters.